The summed E-state index contributed by atoms with van der Waals surface area (Å²) in [6, 6.07) is 6.11. The van der Waals surface area contributed by atoms with Gasteiger partial charge in [0.05, 0.1) is 13.3 Å². The quantitative estimate of drug-likeness (QED) is 0.786. The van der Waals surface area contributed by atoms with Crippen molar-refractivity contribution in [1.29, 1.82) is 0 Å². The fraction of sp³-hybridized carbons (Fsp3) is 0.375. The molecule has 0 radical (unpaired) electrons. The molecule has 1 heterocycles. The Morgan fingerprint density at radius 3 is 2.65 bits per heavy atom. The number of rotatable bonds is 5. The van der Waals surface area contributed by atoms with E-state index in [1.807, 2.05) is 19.1 Å². The minimum atomic E-state index is 0.0319. The van der Waals surface area contributed by atoms with Gasteiger partial charge < -0.3 is 4.74 Å². The zero-order valence-corrected chi connectivity index (χ0v) is 12.4. The van der Waals surface area contributed by atoms with E-state index in [2.05, 4.69) is 25.0 Å². The summed E-state index contributed by atoms with van der Waals surface area (Å²) >= 11 is 0. The van der Waals surface area contributed by atoms with Crippen molar-refractivity contribution >= 4 is 5.78 Å². The predicted molar refractivity (Wildman–Crippen MR) is 78.4 cm³/mol. The number of methoxy groups -OCH3 is 1. The number of ketones is 1. The second-order valence-corrected chi connectivity index (χ2v) is 4.90. The van der Waals surface area contributed by atoms with E-state index in [0.717, 1.165) is 5.56 Å². The van der Waals surface area contributed by atoms with Crippen molar-refractivity contribution in [2.45, 2.75) is 33.7 Å². The molecule has 0 atom stereocenters. The van der Waals surface area contributed by atoms with Crippen molar-refractivity contribution in [1.82, 2.24) is 9.78 Å². The van der Waals surface area contributed by atoms with Crippen LogP contribution in [0.25, 0.3) is 0 Å². The molecule has 20 heavy (non-hydrogen) atoms. The van der Waals surface area contributed by atoms with E-state index in [9.17, 15) is 4.79 Å². The average molecular weight is 272 g/mol. The summed E-state index contributed by atoms with van der Waals surface area (Å²) in [6.45, 7) is 6.73. The number of Topliss-reactive ketones (excluding diaryl/α,β-unsaturated/α-hetero) is 1. The normalized spacial score (nSPS) is 10.6. The molecular weight excluding hydrogens is 252 g/mol. The lowest BCUT2D eigenvalue weighted by atomic mass is 10.0. The van der Waals surface area contributed by atoms with Gasteiger partial charge in [-0.3, -0.25) is 9.48 Å². The van der Waals surface area contributed by atoms with Gasteiger partial charge in [0.1, 0.15) is 5.69 Å². The molecule has 2 aromatic rings. The standard InChI is InChI=1S/C16H20N2O2/c1-5-18-16(15(20-4)10-17-18)14(19)9-13-7-6-11(2)12(3)8-13/h6-8,10H,5,9H2,1-4H3. The van der Waals surface area contributed by atoms with Crippen molar-refractivity contribution < 1.29 is 9.53 Å². The summed E-state index contributed by atoms with van der Waals surface area (Å²) in [6.07, 6.45) is 1.96. The molecule has 0 aliphatic heterocycles. The highest BCUT2D eigenvalue weighted by Gasteiger charge is 2.19. The summed E-state index contributed by atoms with van der Waals surface area (Å²) in [5.41, 5.74) is 4.00. The maximum absolute atomic E-state index is 12.5. The number of ether oxygens (including phenoxy) is 1. The SMILES string of the molecule is CCn1ncc(OC)c1C(=O)Cc1ccc(C)c(C)c1. The van der Waals surface area contributed by atoms with Crippen LogP contribution in [0.4, 0.5) is 0 Å². The van der Waals surface area contributed by atoms with Gasteiger partial charge in [-0.2, -0.15) is 5.10 Å². The van der Waals surface area contributed by atoms with Gasteiger partial charge in [-0.15, -0.1) is 0 Å². The van der Waals surface area contributed by atoms with Crippen LogP contribution in [0.3, 0.4) is 0 Å². The summed E-state index contributed by atoms with van der Waals surface area (Å²) in [4.78, 5) is 12.5. The summed E-state index contributed by atoms with van der Waals surface area (Å²) in [5, 5.41) is 4.17. The van der Waals surface area contributed by atoms with Crippen LogP contribution >= 0.6 is 0 Å². The minimum Gasteiger partial charge on any atom is -0.493 e. The van der Waals surface area contributed by atoms with Gasteiger partial charge in [-0.05, 0) is 37.5 Å². The Bertz CT molecular complexity index is 608. The first kappa shape index (κ1) is 14.3. The third-order valence-electron chi connectivity index (χ3n) is 3.53. The van der Waals surface area contributed by atoms with Crippen molar-refractivity contribution in [3.05, 3.63) is 46.8 Å². The maximum Gasteiger partial charge on any atom is 0.189 e. The van der Waals surface area contributed by atoms with Crippen molar-refractivity contribution in [2.75, 3.05) is 7.11 Å². The molecule has 0 saturated carbocycles. The molecule has 0 bridgehead atoms. The Balaban J connectivity index is 2.27. The maximum atomic E-state index is 12.5. The van der Waals surface area contributed by atoms with Gasteiger partial charge in [0, 0.05) is 13.0 Å². The van der Waals surface area contributed by atoms with Crippen LogP contribution in [-0.2, 0) is 13.0 Å². The third kappa shape index (κ3) is 2.74. The molecule has 0 saturated heterocycles. The van der Waals surface area contributed by atoms with Crippen LogP contribution in [-0.4, -0.2) is 22.7 Å². The van der Waals surface area contributed by atoms with Crippen molar-refractivity contribution in [3.63, 3.8) is 0 Å². The fourth-order valence-corrected chi connectivity index (χ4v) is 2.22. The number of aryl methyl sites for hydroxylation is 3. The van der Waals surface area contributed by atoms with Gasteiger partial charge in [-0.25, -0.2) is 0 Å². The average Bonchev–Trinajstić information content (AvgIpc) is 2.86. The monoisotopic (exact) mass is 272 g/mol. The largest absolute Gasteiger partial charge is 0.493 e. The number of hydrogen-bond acceptors (Lipinski definition) is 3. The Morgan fingerprint density at radius 2 is 2.05 bits per heavy atom. The number of carbonyl (C=O) groups is 1. The van der Waals surface area contributed by atoms with E-state index in [4.69, 9.17) is 4.74 Å². The summed E-state index contributed by atoms with van der Waals surface area (Å²) in [5.74, 6) is 0.574. The first-order valence-electron chi connectivity index (χ1n) is 6.76. The lowest BCUT2D eigenvalue weighted by Gasteiger charge is -2.08. The van der Waals surface area contributed by atoms with E-state index in [-0.39, 0.29) is 5.78 Å². The molecule has 106 valence electrons. The van der Waals surface area contributed by atoms with E-state index < -0.39 is 0 Å². The predicted octanol–water partition coefficient (Wildman–Crippen LogP) is 2.95. The van der Waals surface area contributed by atoms with Crippen molar-refractivity contribution in [3.8, 4) is 5.75 Å². The Kier molecular flexibility index (Phi) is 4.23. The first-order valence-corrected chi connectivity index (χ1v) is 6.76. The van der Waals surface area contributed by atoms with Crippen LogP contribution in [0.5, 0.6) is 5.75 Å². The van der Waals surface area contributed by atoms with Crippen LogP contribution in [0.2, 0.25) is 0 Å². The molecular formula is C16H20N2O2. The molecule has 0 spiro atoms. The highest BCUT2D eigenvalue weighted by atomic mass is 16.5. The molecule has 0 amide bonds. The van der Waals surface area contributed by atoms with Crippen LogP contribution in [0.1, 0.15) is 34.1 Å². The molecule has 4 nitrogen and oxygen atoms in total. The summed E-state index contributed by atoms with van der Waals surface area (Å²) < 4.78 is 6.91. The van der Waals surface area contributed by atoms with Crippen LogP contribution < -0.4 is 4.74 Å². The lowest BCUT2D eigenvalue weighted by Crippen LogP contribution is -2.13. The van der Waals surface area contributed by atoms with E-state index in [1.165, 1.54) is 11.1 Å². The van der Waals surface area contributed by atoms with Gasteiger partial charge in [0.15, 0.2) is 11.5 Å². The molecule has 2 rings (SSSR count). The zero-order valence-electron chi connectivity index (χ0n) is 12.4. The van der Waals surface area contributed by atoms with Crippen LogP contribution in [0, 0.1) is 13.8 Å². The van der Waals surface area contributed by atoms with Gasteiger partial charge in [0.2, 0.25) is 0 Å². The highest BCUT2D eigenvalue weighted by molar-refractivity contribution is 5.98. The number of nitrogens with zero attached hydrogens (tertiary/aromatic N) is 2. The molecule has 1 aromatic carbocycles. The number of carbonyl (C=O) groups excluding carboxylic acids is 1. The molecule has 0 aliphatic carbocycles. The van der Waals surface area contributed by atoms with E-state index in [0.29, 0.717) is 24.4 Å². The van der Waals surface area contributed by atoms with Gasteiger partial charge in [-0.1, -0.05) is 18.2 Å². The second-order valence-electron chi connectivity index (χ2n) is 4.90. The Morgan fingerprint density at radius 1 is 1.30 bits per heavy atom. The Labute approximate surface area is 119 Å². The fourth-order valence-electron chi connectivity index (χ4n) is 2.22. The van der Waals surface area contributed by atoms with Gasteiger partial charge in [0.25, 0.3) is 0 Å². The first-order chi connectivity index (χ1) is 9.56. The Hall–Kier alpha value is -2.10. The topological polar surface area (TPSA) is 44.1 Å². The minimum absolute atomic E-state index is 0.0319. The highest BCUT2D eigenvalue weighted by Crippen LogP contribution is 2.20. The molecule has 1 aromatic heterocycles. The number of benzene rings is 1. The summed E-state index contributed by atoms with van der Waals surface area (Å²) in [7, 11) is 1.56. The second kappa shape index (κ2) is 5.90. The molecule has 4 heteroatoms. The molecule has 0 aliphatic rings. The molecule has 0 N–H and O–H groups in total. The zero-order chi connectivity index (χ0) is 14.7. The number of aromatic nitrogens is 2. The smallest absolute Gasteiger partial charge is 0.189 e. The third-order valence-corrected chi connectivity index (χ3v) is 3.53. The van der Waals surface area contributed by atoms with E-state index >= 15 is 0 Å². The van der Waals surface area contributed by atoms with Crippen LogP contribution in [0.15, 0.2) is 24.4 Å². The number of hydrogen-bond donors (Lipinski definition) is 0. The molecule has 0 unspecified atom stereocenters. The van der Waals surface area contributed by atoms with Gasteiger partial charge >= 0.3 is 0 Å². The lowest BCUT2D eigenvalue weighted by molar-refractivity contribution is 0.0979. The van der Waals surface area contributed by atoms with Crippen molar-refractivity contribution in [2.24, 2.45) is 0 Å². The van der Waals surface area contributed by atoms with E-state index in [1.54, 1.807) is 18.0 Å². The molecule has 0 fully saturated rings.